The maximum atomic E-state index is 13.0. The van der Waals surface area contributed by atoms with E-state index in [-0.39, 0.29) is 0 Å². The molecular formula is C17H17N3O2S2. The van der Waals surface area contributed by atoms with Crippen LogP contribution in [0.15, 0.2) is 58.9 Å². The molecule has 0 atom stereocenters. The monoisotopic (exact) mass is 359 g/mol. The van der Waals surface area contributed by atoms with E-state index >= 15 is 0 Å². The second-order valence-electron chi connectivity index (χ2n) is 5.68. The molecule has 1 fully saturated rings. The highest BCUT2D eigenvalue weighted by atomic mass is 32.2. The van der Waals surface area contributed by atoms with Crippen molar-refractivity contribution in [3.8, 4) is 0 Å². The Morgan fingerprint density at radius 1 is 0.958 bits per heavy atom. The lowest BCUT2D eigenvalue weighted by atomic mass is 10.3. The van der Waals surface area contributed by atoms with Crippen LogP contribution in [-0.4, -0.2) is 43.9 Å². The van der Waals surface area contributed by atoms with Gasteiger partial charge in [0.2, 0.25) is 10.0 Å². The van der Waals surface area contributed by atoms with Gasteiger partial charge in [0.25, 0.3) is 0 Å². The van der Waals surface area contributed by atoms with E-state index in [9.17, 15) is 8.42 Å². The molecule has 3 aromatic rings. The number of hydrogen-bond acceptors (Lipinski definition) is 5. The second kappa shape index (κ2) is 6.16. The lowest BCUT2D eigenvalue weighted by molar-refractivity contribution is 0.384. The van der Waals surface area contributed by atoms with Gasteiger partial charge in [0, 0.05) is 47.8 Å². The van der Waals surface area contributed by atoms with Crippen LogP contribution in [0, 0.1) is 0 Å². The zero-order valence-corrected chi connectivity index (χ0v) is 14.6. The summed E-state index contributed by atoms with van der Waals surface area (Å²) in [6.45, 7) is 2.25. The summed E-state index contributed by atoms with van der Waals surface area (Å²) in [5.41, 5.74) is 0. The number of sulfonamides is 1. The van der Waals surface area contributed by atoms with Crippen molar-refractivity contribution >= 4 is 37.3 Å². The van der Waals surface area contributed by atoms with Crippen LogP contribution >= 0.6 is 11.3 Å². The quantitative estimate of drug-likeness (QED) is 0.722. The standard InChI is InChI=1S/C17H17N3O2S2/c21-24(22,16-13-23-15-6-2-1-5-14(15)16)20-11-9-19(10-12-20)17-7-3-4-8-18-17/h1-8,13H,9-12H2. The predicted octanol–water partition coefficient (Wildman–Crippen LogP) is 2.81. The van der Waals surface area contributed by atoms with Crippen LogP contribution < -0.4 is 4.90 Å². The molecule has 1 aromatic carbocycles. The van der Waals surface area contributed by atoms with Crippen molar-refractivity contribution in [1.29, 1.82) is 0 Å². The van der Waals surface area contributed by atoms with Crippen LogP contribution in [0.2, 0.25) is 0 Å². The lowest BCUT2D eigenvalue weighted by Crippen LogP contribution is -2.48. The fourth-order valence-corrected chi connectivity index (χ4v) is 5.89. The Kier molecular flexibility index (Phi) is 3.99. The third kappa shape index (κ3) is 2.68. The molecule has 4 rings (SSSR count). The molecule has 3 heterocycles. The van der Waals surface area contributed by atoms with Crippen LogP contribution in [0.5, 0.6) is 0 Å². The van der Waals surface area contributed by atoms with Gasteiger partial charge in [0.05, 0.1) is 0 Å². The molecule has 1 aliphatic heterocycles. The molecule has 7 heteroatoms. The molecule has 24 heavy (non-hydrogen) atoms. The molecule has 0 spiro atoms. The number of anilines is 1. The van der Waals surface area contributed by atoms with Crippen LogP contribution in [0.1, 0.15) is 0 Å². The number of nitrogens with zero attached hydrogens (tertiary/aromatic N) is 3. The number of piperazine rings is 1. The highest BCUT2D eigenvalue weighted by Crippen LogP contribution is 2.31. The number of pyridine rings is 1. The Hall–Kier alpha value is -1.96. The molecule has 0 unspecified atom stereocenters. The minimum Gasteiger partial charge on any atom is -0.354 e. The van der Waals surface area contributed by atoms with E-state index in [4.69, 9.17) is 0 Å². The van der Waals surface area contributed by atoms with E-state index in [0.717, 1.165) is 15.9 Å². The molecule has 0 N–H and O–H groups in total. The minimum atomic E-state index is -3.45. The summed E-state index contributed by atoms with van der Waals surface area (Å²) in [4.78, 5) is 6.89. The first-order chi connectivity index (χ1) is 11.7. The fraction of sp³-hybridized carbons (Fsp3) is 0.235. The molecule has 0 bridgehead atoms. The van der Waals surface area contributed by atoms with E-state index < -0.39 is 10.0 Å². The van der Waals surface area contributed by atoms with Crippen molar-refractivity contribution in [1.82, 2.24) is 9.29 Å². The first-order valence-corrected chi connectivity index (χ1v) is 10.1. The van der Waals surface area contributed by atoms with Crippen molar-refractivity contribution in [2.24, 2.45) is 0 Å². The molecule has 2 aromatic heterocycles. The number of fused-ring (bicyclic) bond motifs is 1. The zero-order valence-electron chi connectivity index (χ0n) is 13.0. The minimum absolute atomic E-state index is 0.425. The van der Waals surface area contributed by atoms with Gasteiger partial charge in [-0.2, -0.15) is 4.31 Å². The Morgan fingerprint density at radius 2 is 1.71 bits per heavy atom. The molecule has 0 amide bonds. The molecule has 124 valence electrons. The average molecular weight is 359 g/mol. The molecule has 5 nitrogen and oxygen atoms in total. The van der Waals surface area contributed by atoms with E-state index in [1.807, 2.05) is 42.5 Å². The van der Waals surface area contributed by atoms with Crippen molar-refractivity contribution in [3.63, 3.8) is 0 Å². The summed E-state index contributed by atoms with van der Waals surface area (Å²) in [6.07, 6.45) is 1.76. The Balaban J connectivity index is 1.56. The number of benzene rings is 1. The highest BCUT2D eigenvalue weighted by molar-refractivity contribution is 7.89. The second-order valence-corrected chi connectivity index (χ2v) is 8.49. The van der Waals surface area contributed by atoms with Crippen LogP contribution in [0.25, 0.3) is 10.1 Å². The van der Waals surface area contributed by atoms with Crippen molar-refractivity contribution in [3.05, 3.63) is 54.0 Å². The van der Waals surface area contributed by atoms with Gasteiger partial charge in [-0.25, -0.2) is 13.4 Å². The van der Waals surface area contributed by atoms with E-state index in [2.05, 4.69) is 9.88 Å². The average Bonchev–Trinajstić information content (AvgIpc) is 3.07. The normalized spacial score (nSPS) is 16.6. The van der Waals surface area contributed by atoms with E-state index in [1.165, 1.54) is 11.3 Å². The van der Waals surface area contributed by atoms with Gasteiger partial charge in [-0.05, 0) is 18.2 Å². The zero-order chi connectivity index (χ0) is 16.6. The largest absolute Gasteiger partial charge is 0.354 e. The molecule has 1 aliphatic rings. The van der Waals surface area contributed by atoms with E-state index in [1.54, 1.807) is 15.9 Å². The van der Waals surface area contributed by atoms with Gasteiger partial charge in [-0.3, -0.25) is 0 Å². The third-order valence-electron chi connectivity index (χ3n) is 4.28. The number of aromatic nitrogens is 1. The van der Waals surface area contributed by atoms with Crippen LogP contribution in [0.4, 0.5) is 5.82 Å². The molecule has 0 saturated carbocycles. The lowest BCUT2D eigenvalue weighted by Gasteiger charge is -2.34. The van der Waals surface area contributed by atoms with Gasteiger partial charge in [-0.1, -0.05) is 24.3 Å². The third-order valence-corrected chi connectivity index (χ3v) is 7.33. The number of thiophene rings is 1. The van der Waals surface area contributed by atoms with Gasteiger partial charge < -0.3 is 4.90 Å². The van der Waals surface area contributed by atoms with E-state index in [0.29, 0.717) is 31.1 Å². The summed E-state index contributed by atoms with van der Waals surface area (Å²) in [7, 11) is -3.45. The van der Waals surface area contributed by atoms with Gasteiger partial charge >= 0.3 is 0 Å². The van der Waals surface area contributed by atoms with Crippen LogP contribution in [-0.2, 0) is 10.0 Å². The van der Waals surface area contributed by atoms with Crippen molar-refractivity contribution < 1.29 is 8.42 Å². The SMILES string of the molecule is O=S(=O)(c1csc2ccccc12)N1CCN(c2ccccn2)CC1. The van der Waals surface area contributed by atoms with Crippen molar-refractivity contribution in [2.45, 2.75) is 4.90 Å². The molecule has 0 aliphatic carbocycles. The Labute approximate surface area is 145 Å². The number of hydrogen-bond donors (Lipinski definition) is 0. The summed E-state index contributed by atoms with van der Waals surface area (Å²) in [6, 6.07) is 13.4. The fourth-order valence-electron chi connectivity index (χ4n) is 2.99. The maximum absolute atomic E-state index is 13.0. The summed E-state index contributed by atoms with van der Waals surface area (Å²) in [5.74, 6) is 0.899. The topological polar surface area (TPSA) is 53.5 Å². The summed E-state index contributed by atoms with van der Waals surface area (Å²) >= 11 is 1.48. The van der Waals surface area contributed by atoms with Gasteiger partial charge in [-0.15, -0.1) is 11.3 Å². The predicted molar refractivity (Wildman–Crippen MR) is 97.0 cm³/mol. The van der Waals surface area contributed by atoms with Crippen molar-refractivity contribution in [2.75, 3.05) is 31.1 Å². The molecule has 0 radical (unpaired) electrons. The first kappa shape index (κ1) is 15.6. The smallest absolute Gasteiger partial charge is 0.244 e. The Bertz CT molecular complexity index is 946. The van der Waals surface area contributed by atoms with Crippen LogP contribution in [0.3, 0.4) is 0 Å². The molecular weight excluding hydrogens is 342 g/mol. The number of rotatable bonds is 3. The highest BCUT2D eigenvalue weighted by Gasteiger charge is 2.30. The Morgan fingerprint density at radius 3 is 2.46 bits per heavy atom. The van der Waals surface area contributed by atoms with Gasteiger partial charge in [0.1, 0.15) is 10.7 Å². The summed E-state index contributed by atoms with van der Waals surface area (Å²) in [5, 5.41) is 2.57. The maximum Gasteiger partial charge on any atom is 0.244 e. The van der Waals surface area contributed by atoms with Gasteiger partial charge in [0.15, 0.2) is 0 Å². The first-order valence-electron chi connectivity index (χ1n) is 7.78. The molecule has 1 saturated heterocycles. The summed E-state index contributed by atoms with van der Waals surface area (Å²) < 4.78 is 28.6.